The highest BCUT2D eigenvalue weighted by Crippen LogP contribution is 2.30. The first kappa shape index (κ1) is 12.3. The average Bonchev–Trinajstić information content (AvgIpc) is 2.29. The molecule has 0 saturated heterocycles. The highest BCUT2D eigenvalue weighted by Gasteiger charge is 2.20. The lowest BCUT2D eigenvalue weighted by molar-refractivity contribution is -0.148. The minimum absolute atomic E-state index is 0.475. The molecule has 88 valence electrons. The maximum Gasteiger partial charge on any atom is 0.337 e. The lowest BCUT2D eigenvalue weighted by Crippen LogP contribution is -2.13. The van der Waals surface area contributed by atoms with Crippen LogP contribution >= 0.6 is 0 Å². The molecule has 0 heterocycles. The second kappa shape index (κ2) is 5.37. The summed E-state index contributed by atoms with van der Waals surface area (Å²) in [7, 11) is 4.35. The van der Waals surface area contributed by atoms with Crippen LogP contribution in [0.1, 0.15) is 11.7 Å². The van der Waals surface area contributed by atoms with Gasteiger partial charge in [-0.25, -0.2) is 4.79 Å². The fourth-order valence-electron chi connectivity index (χ4n) is 1.40. The van der Waals surface area contributed by atoms with Crippen LogP contribution in [0.25, 0.3) is 0 Å². The zero-order valence-electron chi connectivity index (χ0n) is 9.39. The maximum atomic E-state index is 10.9. The summed E-state index contributed by atoms with van der Waals surface area (Å²) < 4.78 is 15.0. The van der Waals surface area contributed by atoms with Gasteiger partial charge in [-0.2, -0.15) is 0 Å². The molecule has 5 nitrogen and oxygen atoms in total. The highest BCUT2D eigenvalue weighted by atomic mass is 16.5. The Morgan fingerprint density at radius 3 is 2.25 bits per heavy atom. The summed E-state index contributed by atoms with van der Waals surface area (Å²) in [6.45, 7) is 0. The molecule has 1 rings (SSSR count). The lowest BCUT2D eigenvalue weighted by atomic mass is 10.1. The second-order valence-electron chi connectivity index (χ2n) is 3.07. The van der Waals surface area contributed by atoms with Crippen molar-refractivity contribution in [3.8, 4) is 11.5 Å². The molecule has 1 atom stereocenters. The molecule has 16 heavy (non-hydrogen) atoms. The number of rotatable bonds is 5. The van der Waals surface area contributed by atoms with E-state index in [-0.39, 0.29) is 0 Å². The third-order valence-corrected chi connectivity index (χ3v) is 2.17. The average molecular weight is 226 g/mol. The number of hydrogen-bond acceptors (Lipinski definition) is 4. The quantitative estimate of drug-likeness (QED) is 0.823. The summed E-state index contributed by atoms with van der Waals surface area (Å²) in [5.74, 6) is -0.0236. The molecular weight excluding hydrogens is 212 g/mol. The van der Waals surface area contributed by atoms with Gasteiger partial charge in [0.1, 0.15) is 0 Å². The molecule has 0 bridgehead atoms. The summed E-state index contributed by atoms with van der Waals surface area (Å²) in [5.41, 5.74) is 0.507. The van der Waals surface area contributed by atoms with Crippen molar-refractivity contribution in [3.63, 3.8) is 0 Å². The number of hydrogen-bond donors (Lipinski definition) is 1. The van der Waals surface area contributed by atoms with Gasteiger partial charge < -0.3 is 19.3 Å². The van der Waals surface area contributed by atoms with Crippen LogP contribution < -0.4 is 9.47 Å². The van der Waals surface area contributed by atoms with E-state index in [1.54, 1.807) is 18.2 Å². The van der Waals surface area contributed by atoms with Crippen molar-refractivity contribution in [3.05, 3.63) is 23.8 Å². The van der Waals surface area contributed by atoms with Crippen LogP contribution in [0.5, 0.6) is 11.5 Å². The topological polar surface area (TPSA) is 65.0 Å². The molecule has 1 aromatic carbocycles. The van der Waals surface area contributed by atoms with E-state index in [4.69, 9.17) is 19.3 Å². The van der Waals surface area contributed by atoms with Crippen molar-refractivity contribution in [2.75, 3.05) is 21.3 Å². The van der Waals surface area contributed by atoms with Crippen LogP contribution in [0.2, 0.25) is 0 Å². The van der Waals surface area contributed by atoms with E-state index >= 15 is 0 Å². The molecule has 0 fully saturated rings. The second-order valence-corrected chi connectivity index (χ2v) is 3.07. The van der Waals surface area contributed by atoms with Crippen molar-refractivity contribution < 1.29 is 24.1 Å². The van der Waals surface area contributed by atoms with Gasteiger partial charge >= 0.3 is 5.97 Å². The Balaban J connectivity index is 3.11. The summed E-state index contributed by atoms with van der Waals surface area (Å²) in [5, 5.41) is 8.92. The Morgan fingerprint density at radius 2 is 1.81 bits per heavy atom. The van der Waals surface area contributed by atoms with Gasteiger partial charge in [0.2, 0.25) is 0 Å². The third kappa shape index (κ3) is 2.43. The monoisotopic (exact) mass is 226 g/mol. The largest absolute Gasteiger partial charge is 0.493 e. The Hall–Kier alpha value is -1.75. The SMILES string of the molecule is COc1ccc(C(OC)C(=O)O)cc1OC. The van der Waals surface area contributed by atoms with Gasteiger partial charge in [-0.1, -0.05) is 6.07 Å². The molecule has 0 radical (unpaired) electrons. The van der Waals surface area contributed by atoms with E-state index in [0.717, 1.165) is 0 Å². The van der Waals surface area contributed by atoms with E-state index in [9.17, 15) is 4.79 Å². The molecule has 5 heteroatoms. The highest BCUT2D eigenvalue weighted by molar-refractivity contribution is 5.74. The maximum absolute atomic E-state index is 10.9. The zero-order valence-corrected chi connectivity index (χ0v) is 9.39. The Kier molecular flexibility index (Phi) is 4.13. The molecule has 0 amide bonds. The van der Waals surface area contributed by atoms with Crippen molar-refractivity contribution >= 4 is 5.97 Å². The van der Waals surface area contributed by atoms with Gasteiger partial charge in [-0.3, -0.25) is 0 Å². The molecule has 0 aliphatic carbocycles. The number of ether oxygens (including phenoxy) is 3. The standard InChI is InChI=1S/C11H14O5/c1-14-8-5-4-7(6-9(8)15-2)10(16-3)11(12)13/h4-6,10H,1-3H3,(H,12,13). The Morgan fingerprint density at radius 1 is 1.19 bits per heavy atom. The predicted octanol–water partition coefficient (Wildman–Crippen LogP) is 1.48. The van der Waals surface area contributed by atoms with Crippen LogP contribution in [0.15, 0.2) is 18.2 Å². The van der Waals surface area contributed by atoms with Gasteiger partial charge in [0.25, 0.3) is 0 Å². The first-order chi connectivity index (χ1) is 7.63. The van der Waals surface area contributed by atoms with Crippen molar-refractivity contribution in [2.45, 2.75) is 6.10 Å². The molecule has 1 unspecified atom stereocenters. The first-order valence-corrected chi connectivity index (χ1v) is 4.61. The smallest absolute Gasteiger partial charge is 0.337 e. The molecule has 1 N–H and O–H groups in total. The third-order valence-electron chi connectivity index (χ3n) is 2.17. The van der Waals surface area contributed by atoms with E-state index in [1.165, 1.54) is 21.3 Å². The van der Waals surface area contributed by atoms with Crippen molar-refractivity contribution in [1.29, 1.82) is 0 Å². The summed E-state index contributed by atoms with van der Waals surface area (Å²) in [4.78, 5) is 10.9. The van der Waals surface area contributed by atoms with Gasteiger partial charge in [-0.15, -0.1) is 0 Å². The van der Waals surface area contributed by atoms with Crippen LogP contribution in [0.4, 0.5) is 0 Å². The zero-order chi connectivity index (χ0) is 12.1. The van der Waals surface area contributed by atoms with Gasteiger partial charge in [-0.05, 0) is 17.7 Å². The lowest BCUT2D eigenvalue weighted by Gasteiger charge is -2.13. The Labute approximate surface area is 93.6 Å². The van der Waals surface area contributed by atoms with E-state index in [1.807, 2.05) is 0 Å². The number of methoxy groups -OCH3 is 3. The number of carboxylic acids is 1. The normalized spacial score (nSPS) is 11.9. The first-order valence-electron chi connectivity index (χ1n) is 4.61. The number of benzene rings is 1. The van der Waals surface area contributed by atoms with Crippen LogP contribution in [-0.4, -0.2) is 32.4 Å². The predicted molar refractivity (Wildman–Crippen MR) is 56.9 cm³/mol. The molecule has 0 aliphatic rings. The summed E-state index contributed by atoms with van der Waals surface area (Å²) in [6, 6.07) is 4.86. The fourth-order valence-corrected chi connectivity index (χ4v) is 1.40. The molecule has 0 aromatic heterocycles. The summed E-state index contributed by atoms with van der Waals surface area (Å²) >= 11 is 0. The van der Waals surface area contributed by atoms with Gasteiger partial charge in [0.15, 0.2) is 17.6 Å². The summed E-state index contributed by atoms with van der Waals surface area (Å²) in [6.07, 6.45) is -1.00. The van der Waals surface area contributed by atoms with Crippen molar-refractivity contribution in [1.82, 2.24) is 0 Å². The molecule has 0 aliphatic heterocycles. The molecular formula is C11H14O5. The number of carboxylic acid groups (broad SMARTS) is 1. The molecule has 1 aromatic rings. The number of carbonyl (C=O) groups is 1. The Bertz CT molecular complexity index is 375. The van der Waals surface area contributed by atoms with Crippen molar-refractivity contribution in [2.24, 2.45) is 0 Å². The minimum Gasteiger partial charge on any atom is -0.493 e. The van der Waals surface area contributed by atoms with Gasteiger partial charge in [0.05, 0.1) is 14.2 Å². The minimum atomic E-state index is -1.05. The van der Waals surface area contributed by atoms with Gasteiger partial charge in [0, 0.05) is 7.11 Å². The van der Waals surface area contributed by atoms with E-state index in [0.29, 0.717) is 17.1 Å². The molecule has 0 saturated carbocycles. The van der Waals surface area contributed by atoms with Crippen LogP contribution in [-0.2, 0) is 9.53 Å². The fraction of sp³-hybridized carbons (Fsp3) is 0.364. The van der Waals surface area contributed by atoms with Crippen LogP contribution in [0.3, 0.4) is 0 Å². The molecule has 0 spiro atoms. The van der Waals surface area contributed by atoms with E-state index in [2.05, 4.69) is 0 Å². The van der Waals surface area contributed by atoms with E-state index < -0.39 is 12.1 Å². The number of aliphatic carboxylic acids is 1. The van der Waals surface area contributed by atoms with Crippen LogP contribution in [0, 0.1) is 0 Å².